The second-order valence-electron chi connectivity index (χ2n) is 5.11. The summed E-state index contributed by atoms with van der Waals surface area (Å²) < 4.78 is 11.2. The first-order chi connectivity index (χ1) is 11.2. The van der Waals surface area contributed by atoms with Gasteiger partial charge in [-0.1, -0.05) is 24.3 Å². The van der Waals surface area contributed by atoms with Gasteiger partial charge >= 0.3 is 0 Å². The zero-order chi connectivity index (χ0) is 16.7. The van der Waals surface area contributed by atoms with Crippen LogP contribution in [0, 0.1) is 6.92 Å². The minimum Gasteiger partial charge on any atom is -0.496 e. The SMILES string of the molecule is CNCC(=O)Nc1cccc(OCc2ccccc2OC)c1C.Cl. The molecular weight excluding hydrogens is 328 g/mol. The molecule has 0 aromatic heterocycles. The van der Waals surface area contributed by atoms with Gasteiger partial charge in [-0.15, -0.1) is 12.4 Å². The Bertz CT molecular complexity index is 677. The van der Waals surface area contributed by atoms with Gasteiger partial charge in [0.05, 0.1) is 13.7 Å². The quantitative estimate of drug-likeness (QED) is 0.805. The molecule has 130 valence electrons. The number of rotatable bonds is 7. The molecule has 6 heteroatoms. The Balaban J connectivity index is 0.00000288. The Labute approximate surface area is 148 Å². The van der Waals surface area contributed by atoms with E-state index in [0.29, 0.717) is 6.61 Å². The van der Waals surface area contributed by atoms with Gasteiger partial charge in [0, 0.05) is 16.8 Å². The zero-order valence-electron chi connectivity index (χ0n) is 14.1. The molecule has 0 aliphatic rings. The molecule has 0 aliphatic heterocycles. The molecule has 0 atom stereocenters. The number of carbonyl (C=O) groups excluding carboxylic acids is 1. The van der Waals surface area contributed by atoms with Crippen LogP contribution in [0.1, 0.15) is 11.1 Å². The minimum absolute atomic E-state index is 0. The van der Waals surface area contributed by atoms with Crippen LogP contribution < -0.4 is 20.1 Å². The molecule has 1 amide bonds. The summed E-state index contributed by atoms with van der Waals surface area (Å²) >= 11 is 0. The zero-order valence-corrected chi connectivity index (χ0v) is 14.9. The van der Waals surface area contributed by atoms with Gasteiger partial charge in [-0.3, -0.25) is 4.79 Å². The molecule has 0 aliphatic carbocycles. The van der Waals surface area contributed by atoms with Crippen molar-refractivity contribution in [1.29, 1.82) is 0 Å². The number of hydrogen-bond acceptors (Lipinski definition) is 4. The molecular formula is C18H23ClN2O3. The van der Waals surface area contributed by atoms with E-state index < -0.39 is 0 Å². The molecule has 2 rings (SSSR count). The van der Waals surface area contributed by atoms with Crippen LogP contribution in [-0.2, 0) is 11.4 Å². The van der Waals surface area contributed by atoms with Crippen LogP contribution in [0.5, 0.6) is 11.5 Å². The van der Waals surface area contributed by atoms with Crippen LogP contribution in [0.15, 0.2) is 42.5 Å². The van der Waals surface area contributed by atoms with Crippen LogP contribution in [-0.4, -0.2) is 26.6 Å². The number of amides is 1. The number of carbonyl (C=O) groups is 1. The Hall–Kier alpha value is -2.24. The van der Waals surface area contributed by atoms with Crippen molar-refractivity contribution in [1.82, 2.24) is 5.32 Å². The van der Waals surface area contributed by atoms with Crippen molar-refractivity contribution in [2.24, 2.45) is 0 Å². The fraction of sp³-hybridized carbons (Fsp3) is 0.278. The second kappa shape index (κ2) is 9.80. The van der Waals surface area contributed by atoms with E-state index in [4.69, 9.17) is 9.47 Å². The van der Waals surface area contributed by atoms with E-state index in [1.165, 1.54) is 0 Å². The molecule has 0 spiro atoms. The molecule has 2 N–H and O–H groups in total. The van der Waals surface area contributed by atoms with Gasteiger partial charge in [0.2, 0.25) is 5.91 Å². The first kappa shape index (κ1) is 19.8. The molecule has 0 radical (unpaired) electrons. The highest BCUT2D eigenvalue weighted by molar-refractivity contribution is 5.93. The molecule has 2 aromatic carbocycles. The monoisotopic (exact) mass is 350 g/mol. The Kier molecular flexibility index (Phi) is 8.09. The van der Waals surface area contributed by atoms with Crippen LogP contribution in [0.3, 0.4) is 0 Å². The lowest BCUT2D eigenvalue weighted by atomic mass is 10.1. The van der Waals surface area contributed by atoms with Gasteiger partial charge in [-0.2, -0.15) is 0 Å². The van der Waals surface area contributed by atoms with Crippen LogP contribution in [0.25, 0.3) is 0 Å². The van der Waals surface area contributed by atoms with Gasteiger partial charge in [-0.25, -0.2) is 0 Å². The number of anilines is 1. The number of ether oxygens (including phenoxy) is 2. The standard InChI is InChI=1S/C18H22N2O3.ClH/c1-13-15(20-18(21)11-19-2)8-6-10-16(13)23-12-14-7-4-5-9-17(14)22-3;/h4-10,19H,11-12H2,1-3H3,(H,20,21);1H. The Morgan fingerprint density at radius 1 is 1.08 bits per heavy atom. The number of hydrogen-bond donors (Lipinski definition) is 2. The van der Waals surface area contributed by atoms with E-state index in [2.05, 4.69) is 10.6 Å². The van der Waals surface area contributed by atoms with Crippen LogP contribution >= 0.6 is 12.4 Å². The minimum atomic E-state index is -0.0857. The summed E-state index contributed by atoms with van der Waals surface area (Å²) in [6, 6.07) is 13.3. The number of methoxy groups -OCH3 is 1. The predicted octanol–water partition coefficient (Wildman–Crippen LogP) is 3.16. The van der Waals surface area contributed by atoms with E-state index >= 15 is 0 Å². The third-order valence-electron chi connectivity index (χ3n) is 3.47. The third-order valence-corrected chi connectivity index (χ3v) is 3.47. The molecule has 2 aromatic rings. The Morgan fingerprint density at radius 2 is 1.79 bits per heavy atom. The maximum absolute atomic E-state index is 11.7. The number of halogens is 1. The van der Waals surface area contributed by atoms with Crippen LogP contribution in [0.4, 0.5) is 5.69 Å². The van der Waals surface area contributed by atoms with Gasteiger partial charge in [0.15, 0.2) is 0 Å². The van der Waals surface area contributed by atoms with Crippen LogP contribution in [0.2, 0.25) is 0 Å². The summed E-state index contributed by atoms with van der Waals surface area (Å²) in [6.07, 6.45) is 0. The number of nitrogens with one attached hydrogen (secondary N) is 2. The van der Waals surface area contributed by atoms with E-state index in [9.17, 15) is 4.79 Å². The molecule has 5 nitrogen and oxygen atoms in total. The third kappa shape index (κ3) is 5.15. The summed E-state index contributed by atoms with van der Waals surface area (Å²) in [7, 11) is 3.38. The van der Waals surface area contributed by atoms with Crippen molar-refractivity contribution in [3.8, 4) is 11.5 Å². The number of para-hydroxylation sites is 1. The molecule has 24 heavy (non-hydrogen) atoms. The van der Waals surface area contributed by atoms with E-state index in [0.717, 1.165) is 28.3 Å². The Morgan fingerprint density at radius 3 is 2.50 bits per heavy atom. The molecule has 0 fully saturated rings. The van der Waals surface area contributed by atoms with E-state index in [1.807, 2.05) is 49.4 Å². The summed E-state index contributed by atoms with van der Waals surface area (Å²) in [5.74, 6) is 1.44. The molecule has 0 saturated heterocycles. The molecule has 0 heterocycles. The van der Waals surface area contributed by atoms with Crippen molar-refractivity contribution in [2.75, 3.05) is 26.0 Å². The topological polar surface area (TPSA) is 59.6 Å². The highest BCUT2D eigenvalue weighted by Crippen LogP contribution is 2.27. The van der Waals surface area contributed by atoms with Gasteiger partial charge in [0.25, 0.3) is 0 Å². The average Bonchev–Trinajstić information content (AvgIpc) is 2.56. The van der Waals surface area contributed by atoms with Gasteiger partial charge in [-0.05, 0) is 32.2 Å². The van der Waals surface area contributed by atoms with Crippen molar-refractivity contribution in [3.05, 3.63) is 53.6 Å². The summed E-state index contributed by atoms with van der Waals surface area (Å²) in [5.41, 5.74) is 2.62. The lowest BCUT2D eigenvalue weighted by Crippen LogP contribution is -2.25. The normalized spacial score (nSPS) is 9.79. The highest BCUT2D eigenvalue weighted by atomic mass is 35.5. The predicted molar refractivity (Wildman–Crippen MR) is 98.3 cm³/mol. The first-order valence-corrected chi connectivity index (χ1v) is 7.44. The maximum Gasteiger partial charge on any atom is 0.238 e. The first-order valence-electron chi connectivity index (χ1n) is 7.44. The molecule has 0 unspecified atom stereocenters. The lowest BCUT2D eigenvalue weighted by Gasteiger charge is -2.14. The summed E-state index contributed by atoms with van der Waals surface area (Å²) in [6.45, 7) is 2.59. The van der Waals surface area contributed by atoms with Gasteiger partial charge < -0.3 is 20.1 Å². The van der Waals surface area contributed by atoms with Crippen molar-refractivity contribution >= 4 is 24.0 Å². The van der Waals surface area contributed by atoms with Crippen molar-refractivity contribution < 1.29 is 14.3 Å². The van der Waals surface area contributed by atoms with Crippen molar-refractivity contribution in [3.63, 3.8) is 0 Å². The van der Waals surface area contributed by atoms with Gasteiger partial charge in [0.1, 0.15) is 18.1 Å². The number of benzene rings is 2. The fourth-order valence-electron chi connectivity index (χ4n) is 2.24. The van der Waals surface area contributed by atoms with E-state index in [-0.39, 0.29) is 24.9 Å². The molecule has 0 saturated carbocycles. The maximum atomic E-state index is 11.7. The summed E-state index contributed by atoms with van der Waals surface area (Å²) in [4.78, 5) is 11.7. The molecule has 0 bridgehead atoms. The number of likely N-dealkylation sites (N-methyl/N-ethyl adjacent to an activating group) is 1. The van der Waals surface area contributed by atoms with E-state index in [1.54, 1.807) is 14.2 Å². The fourth-order valence-corrected chi connectivity index (χ4v) is 2.24. The lowest BCUT2D eigenvalue weighted by molar-refractivity contribution is -0.115. The smallest absolute Gasteiger partial charge is 0.238 e. The highest BCUT2D eigenvalue weighted by Gasteiger charge is 2.09. The summed E-state index contributed by atoms with van der Waals surface area (Å²) in [5, 5.41) is 5.69. The largest absolute Gasteiger partial charge is 0.496 e. The second-order valence-corrected chi connectivity index (χ2v) is 5.11. The van der Waals surface area contributed by atoms with Crippen molar-refractivity contribution in [2.45, 2.75) is 13.5 Å². The average molecular weight is 351 g/mol.